The smallest absolute Gasteiger partial charge is 0.337 e. The van der Waals surface area contributed by atoms with Gasteiger partial charge in [-0.3, -0.25) is 9.69 Å². The number of rotatable bonds is 6. The van der Waals surface area contributed by atoms with Gasteiger partial charge in [-0.2, -0.15) is 0 Å². The molecule has 1 aromatic heterocycles. The van der Waals surface area contributed by atoms with Crippen molar-refractivity contribution in [1.29, 1.82) is 0 Å². The number of hydrogen-bond donors (Lipinski definition) is 0. The van der Waals surface area contributed by atoms with E-state index in [0.29, 0.717) is 16.4 Å². The van der Waals surface area contributed by atoms with E-state index < -0.39 is 5.97 Å². The Morgan fingerprint density at radius 3 is 2.45 bits per heavy atom. The average molecular weight is 410 g/mol. The van der Waals surface area contributed by atoms with Crippen LogP contribution in [0.1, 0.15) is 34.1 Å². The number of carbonyl (C=O) groups is 2. The summed E-state index contributed by atoms with van der Waals surface area (Å²) in [6.45, 7) is 5.78. The maximum Gasteiger partial charge on any atom is 0.337 e. The molecule has 0 aliphatic carbocycles. The highest BCUT2D eigenvalue weighted by molar-refractivity contribution is 7.14. The van der Waals surface area contributed by atoms with Crippen molar-refractivity contribution in [3.8, 4) is 5.75 Å². The Hall–Kier alpha value is -3.19. The van der Waals surface area contributed by atoms with E-state index >= 15 is 0 Å². The van der Waals surface area contributed by atoms with Gasteiger partial charge in [0.1, 0.15) is 12.4 Å². The van der Waals surface area contributed by atoms with Gasteiger partial charge < -0.3 is 9.47 Å². The summed E-state index contributed by atoms with van der Waals surface area (Å²) in [5.74, 6) is 0.124. The van der Waals surface area contributed by atoms with Crippen LogP contribution in [-0.4, -0.2) is 24.0 Å². The Balaban J connectivity index is 1.73. The highest BCUT2D eigenvalue weighted by Crippen LogP contribution is 2.32. The van der Waals surface area contributed by atoms with Crippen LogP contribution in [0.2, 0.25) is 0 Å². The number of carbonyl (C=O) groups excluding carboxylic acids is 2. The SMILES string of the molecule is COC(=O)c1ccc(OCc2csc(N(C(C)=O)c3ccc(C)cc3C)n2)cc1. The molecule has 0 saturated carbocycles. The van der Waals surface area contributed by atoms with E-state index in [4.69, 9.17) is 4.74 Å². The normalized spacial score (nSPS) is 10.5. The van der Waals surface area contributed by atoms with Crippen molar-refractivity contribution >= 4 is 34.0 Å². The minimum Gasteiger partial charge on any atom is -0.487 e. The van der Waals surface area contributed by atoms with Gasteiger partial charge in [0.15, 0.2) is 5.13 Å². The average Bonchev–Trinajstić information content (AvgIpc) is 3.16. The van der Waals surface area contributed by atoms with Gasteiger partial charge in [-0.05, 0) is 49.7 Å². The van der Waals surface area contributed by atoms with E-state index in [1.54, 1.807) is 29.2 Å². The number of thiazole rings is 1. The van der Waals surface area contributed by atoms with Gasteiger partial charge in [-0.25, -0.2) is 9.78 Å². The summed E-state index contributed by atoms with van der Waals surface area (Å²) >= 11 is 1.39. The molecule has 0 aliphatic rings. The lowest BCUT2D eigenvalue weighted by molar-refractivity contribution is -0.115. The molecule has 0 bridgehead atoms. The molecule has 7 heteroatoms. The number of anilines is 2. The zero-order valence-corrected chi connectivity index (χ0v) is 17.6. The lowest BCUT2D eigenvalue weighted by Gasteiger charge is -2.20. The maximum atomic E-state index is 12.3. The predicted molar refractivity (Wildman–Crippen MR) is 113 cm³/mol. The summed E-state index contributed by atoms with van der Waals surface area (Å²) in [5.41, 5.74) is 4.16. The molecule has 0 N–H and O–H groups in total. The fourth-order valence-electron chi connectivity index (χ4n) is 2.89. The fourth-order valence-corrected chi connectivity index (χ4v) is 3.76. The number of hydrogen-bond acceptors (Lipinski definition) is 6. The highest BCUT2D eigenvalue weighted by Gasteiger charge is 2.20. The molecule has 0 unspecified atom stereocenters. The van der Waals surface area contributed by atoms with Gasteiger partial charge >= 0.3 is 5.97 Å². The number of nitrogens with zero attached hydrogens (tertiary/aromatic N) is 2. The first-order chi connectivity index (χ1) is 13.9. The molecule has 3 aromatic rings. The molecule has 1 amide bonds. The van der Waals surface area contributed by atoms with Crippen LogP contribution in [0, 0.1) is 13.8 Å². The predicted octanol–water partition coefficient (Wildman–Crippen LogP) is 4.81. The van der Waals surface area contributed by atoms with E-state index in [1.165, 1.54) is 25.4 Å². The molecule has 6 nitrogen and oxygen atoms in total. The topological polar surface area (TPSA) is 68.7 Å². The van der Waals surface area contributed by atoms with E-state index in [0.717, 1.165) is 22.5 Å². The summed E-state index contributed by atoms with van der Waals surface area (Å²) in [5, 5.41) is 2.47. The number of methoxy groups -OCH3 is 1. The quantitative estimate of drug-likeness (QED) is 0.546. The Morgan fingerprint density at radius 2 is 1.83 bits per heavy atom. The first kappa shape index (κ1) is 20.5. The van der Waals surface area contributed by atoms with Crippen LogP contribution < -0.4 is 9.64 Å². The minimum atomic E-state index is -0.392. The molecule has 2 aromatic carbocycles. The molecule has 3 rings (SSSR count). The summed E-state index contributed by atoms with van der Waals surface area (Å²) < 4.78 is 10.4. The van der Waals surface area contributed by atoms with Crippen LogP contribution in [0.4, 0.5) is 10.8 Å². The lowest BCUT2D eigenvalue weighted by Crippen LogP contribution is -2.23. The van der Waals surface area contributed by atoms with Crippen molar-refractivity contribution in [3.05, 3.63) is 70.2 Å². The monoisotopic (exact) mass is 410 g/mol. The molecule has 0 atom stereocenters. The van der Waals surface area contributed by atoms with Gasteiger partial charge in [-0.1, -0.05) is 17.7 Å². The van der Waals surface area contributed by atoms with Crippen molar-refractivity contribution in [3.63, 3.8) is 0 Å². The zero-order chi connectivity index (χ0) is 21.0. The Bertz CT molecular complexity index is 1030. The summed E-state index contributed by atoms with van der Waals surface area (Å²) in [7, 11) is 1.34. The van der Waals surface area contributed by atoms with Crippen LogP contribution >= 0.6 is 11.3 Å². The molecule has 0 spiro atoms. The van der Waals surface area contributed by atoms with Crippen molar-refractivity contribution < 1.29 is 19.1 Å². The van der Waals surface area contributed by atoms with Gasteiger partial charge in [0.25, 0.3) is 0 Å². The van der Waals surface area contributed by atoms with Crippen LogP contribution in [0.25, 0.3) is 0 Å². The Kier molecular flexibility index (Phi) is 6.29. The lowest BCUT2D eigenvalue weighted by atomic mass is 10.1. The Morgan fingerprint density at radius 1 is 1.10 bits per heavy atom. The molecular formula is C22H22N2O4S. The molecule has 150 valence electrons. The number of aromatic nitrogens is 1. The third-order valence-corrected chi connectivity index (χ3v) is 5.18. The third-order valence-electron chi connectivity index (χ3n) is 4.30. The first-order valence-electron chi connectivity index (χ1n) is 9.02. The second-order valence-electron chi connectivity index (χ2n) is 6.57. The van der Waals surface area contributed by atoms with Crippen LogP contribution in [0.15, 0.2) is 47.8 Å². The fraction of sp³-hybridized carbons (Fsp3) is 0.227. The van der Waals surface area contributed by atoms with Crippen molar-refractivity contribution in [1.82, 2.24) is 4.98 Å². The largest absolute Gasteiger partial charge is 0.487 e. The van der Waals surface area contributed by atoms with Crippen molar-refractivity contribution in [2.24, 2.45) is 0 Å². The Labute approximate surface area is 173 Å². The van der Waals surface area contributed by atoms with E-state index in [2.05, 4.69) is 9.72 Å². The van der Waals surface area contributed by atoms with E-state index in [-0.39, 0.29) is 12.5 Å². The van der Waals surface area contributed by atoms with Gasteiger partial charge in [0.2, 0.25) is 5.91 Å². The van der Waals surface area contributed by atoms with E-state index in [1.807, 2.05) is 37.4 Å². The second-order valence-corrected chi connectivity index (χ2v) is 7.41. The summed E-state index contributed by atoms with van der Waals surface area (Å²) in [6, 6.07) is 12.7. The number of ether oxygens (including phenoxy) is 2. The molecular weight excluding hydrogens is 388 g/mol. The minimum absolute atomic E-state index is 0.0998. The van der Waals surface area contributed by atoms with Gasteiger partial charge in [0.05, 0.1) is 24.1 Å². The molecule has 0 fully saturated rings. The molecule has 29 heavy (non-hydrogen) atoms. The van der Waals surface area contributed by atoms with Gasteiger partial charge in [0, 0.05) is 12.3 Å². The molecule has 1 heterocycles. The van der Waals surface area contributed by atoms with Crippen LogP contribution in [-0.2, 0) is 16.1 Å². The molecule has 0 saturated heterocycles. The maximum absolute atomic E-state index is 12.3. The number of benzene rings is 2. The van der Waals surface area contributed by atoms with Crippen molar-refractivity contribution in [2.45, 2.75) is 27.4 Å². The number of esters is 1. The van der Waals surface area contributed by atoms with Crippen LogP contribution in [0.5, 0.6) is 5.75 Å². The molecule has 0 aliphatic heterocycles. The third kappa shape index (κ3) is 4.81. The molecule has 0 radical (unpaired) electrons. The standard InChI is InChI=1S/C22H22N2O4S/c1-14-5-10-20(15(2)11-14)24(16(3)25)22-23-18(13-29-22)12-28-19-8-6-17(7-9-19)21(26)27-4/h5-11,13H,12H2,1-4H3. The number of amides is 1. The summed E-state index contributed by atoms with van der Waals surface area (Å²) in [4.78, 5) is 30.0. The summed E-state index contributed by atoms with van der Waals surface area (Å²) in [6.07, 6.45) is 0. The first-order valence-corrected chi connectivity index (χ1v) is 9.90. The second kappa shape index (κ2) is 8.87. The number of aryl methyl sites for hydroxylation is 2. The van der Waals surface area contributed by atoms with Gasteiger partial charge in [-0.15, -0.1) is 11.3 Å². The van der Waals surface area contributed by atoms with Crippen LogP contribution in [0.3, 0.4) is 0 Å². The zero-order valence-electron chi connectivity index (χ0n) is 16.8. The van der Waals surface area contributed by atoms with E-state index in [9.17, 15) is 9.59 Å². The van der Waals surface area contributed by atoms with Crippen molar-refractivity contribution in [2.75, 3.05) is 12.0 Å². The highest BCUT2D eigenvalue weighted by atomic mass is 32.1.